The summed E-state index contributed by atoms with van der Waals surface area (Å²) in [5.41, 5.74) is 6.47. The van der Waals surface area contributed by atoms with Crippen LogP contribution in [0.1, 0.15) is 21.6 Å². The molecule has 3 N–H and O–H groups in total. The van der Waals surface area contributed by atoms with Gasteiger partial charge in [-0.25, -0.2) is 9.78 Å². The van der Waals surface area contributed by atoms with Crippen molar-refractivity contribution in [3.05, 3.63) is 22.9 Å². The Balaban J connectivity index is 3.29. The number of carboxylic acids is 1. The molecule has 1 heterocycles. The molecule has 17 heavy (non-hydrogen) atoms. The summed E-state index contributed by atoms with van der Waals surface area (Å²) in [6.07, 6.45) is 0. The van der Waals surface area contributed by atoms with E-state index in [1.165, 1.54) is 4.90 Å². The van der Waals surface area contributed by atoms with Gasteiger partial charge in [-0.05, 0) is 25.5 Å². The Kier molecular flexibility index (Phi) is 3.67. The number of pyridine rings is 1. The molecule has 1 rings (SSSR count). The van der Waals surface area contributed by atoms with Crippen molar-refractivity contribution in [2.45, 2.75) is 13.8 Å². The topological polar surface area (TPSA) is 96.5 Å². The normalized spacial score (nSPS) is 10.1. The molecule has 92 valence electrons. The van der Waals surface area contributed by atoms with Gasteiger partial charge in [-0.15, -0.1) is 0 Å². The number of likely N-dealkylation sites (N-methyl/N-ethyl adjacent to an activating group) is 1. The van der Waals surface area contributed by atoms with Gasteiger partial charge >= 0.3 is 5.97 Å². The summed E-state index contributed by atoms with van der Waals surface area (Å²) >= 11 is 0. The van der Waals surface area contributed by atoms with Crippen LogP contribution in [-0.4, -0.2) is 35.6 Å². The molecule has 0 aliphatic rings. The number of primary amides is 1. The summed E-state index contributed by atoms with van der Waals surface area (Å²) in [7, 11) is 1.58. The number of carbonyl (C=O) groups is 2. The monoisotopic (exact) mass is 237 g/mol. The second kappa shape index (κ2) is 4.82. The van der Waals surface area contributed by atoms with Gasteiger partial charge in [0.1, 0.15) is 11.4 Å². The fraction of sp³-hybridized carbons (Fsp3) is 0.364. The highest BCUT2D eigenvalue weighted by atomic mass is 16.4. The highest BCUT2D eigenvalue weighted by Gasteiger charge is 2.19. The van der Waals surface area contributed by atoms with E-state index in [1.54, 1.807) is 27.0 Å². The first-order chi connectivity index (χ1) is 7.82. The number of amides is 1. The van der Waals surface area contributed by atoms with Crippen LogP contribution in [0.5, 0.6) is 0 Å². The molecule has 1 aromatic heterocycles. The summed E-state index contributed by atoms with van der Waals surface area (Å²) < 4.78 is 0. The van der Waals surface area contributed by atoms with Crippen molar-refractivity contribution in [1.29, 1.82) is 0 Å². The summed E-state index contributed by atoms with van der Waals surface area (Å²) in [4.78, 5) is 27.6. The van der Waals surface area contributed by atoms with Gasteiger partial charge in [0, 0.05) is 12.7 Å². The minimum atomic E-state index is -1.07. The van der Waals surface area contributed by atoms with Crippen LogP contribution in [0.15, 0.2) is 6.07 Å². The van der Waals surface area contributed by atoms with Gasteiger partial charge in [0.2, 0.25) is 5.91 Å². The van der Waals surface area contributed by atoms with E-state index < -0.39 is 11.9 Å². The van der Waals surface area contributed by atoms with Crippen LogP contribution in [0.2, 0.25) is 0 Å². The lowest BCUT2D eigenvalue weighted by Gasteiger charge is -2.19. The first-order valence-electron chi connectivity index (χ1n) is 5.04. The van der Waals surface area contributed by atoms with Crippen LogP contribution < -0.4 is 10.6 Å². The lowest BCUT2D eigenvalue weighted by molar-refractivity contribution is -0.116. The molecule has 6 heteroatoms. The van der Waals surface area contributed by atoms with E-state index in [2.05, 4.69) is 4.98 Å². The summed E-state index contributed by atoms with van der Waals surface area (Å²) in [5, 5.41) is 9.14. The van der Waals surface area contributed by atoms with Crippen LogP contribution in [0, 0.1) is 13.8 Å². The number of nitrogens with two attached hydrogens (primary N) is 1. The lowest BCUT2D eigenvalue weighted by Crippen LogP contribution is -2.32. The van der Waals surface area contributed by atoms with Crippen molar-refractivity contribution in [2.75, 3.05) is 18.5 Å². The quantitative estimate of drug-likeness (QED) is 0.786. The summed E-state index contributed by atoms with van der Waals surface area (Å²) in [6, 6.07) is 1.69. The number of aromatic carboxylic acids is 1. The summed E-state index contributed by atoms with van der Waals surface area (Å²) in [6.45, 7) is 3.39. The molecule has 0 spiro atoms. The third kappa shape index (κ3) is 2.93. The minimum absolute atomic E-state index is 0.0732. The van der Waals surface area contributed by atoms with Crippen molar-refractivity contribution in [3.8, 4) is 0 Å². The average Bonchev–Trinajstić information content (AvgIpc) is 2.14. The molecule has 0 aromatic carbocycles. The molecule has 1 amide bonds. The third-order valence-corrected chi connectivity index (χ3v) is 2.29. The molecule has 0 aliphatic carbocycles. The molecular formula is C11H15N3O3. The van der Waals surface area contributed by atoms with Crippen LogP contribution in [0.25, 0.3) is 0 Å². The Labute approximate surface area is 99.1 Å². The predicted octanol–water partition coefficient (Wildman–Crippen LogP) is 0.318. The Morgan fingerprint density at radius 3 is 2.53 bits per heavy atom. The van der Waals surface area contributed by atoms with Gasteiger partial charge in [0.15, 0.2) is 0 Å². The second-order valence-corrected chi connectivity index (χ2v) is 3.91. The molecule has 0 saturated heterocycles. The van der Waals surface area contributed by atoms with Gasteiger partial charge in [-0.2, -0.15) is 0 Å². The van der Waals surface area contributed by atoms with E-state index in [1.807, 2.05) is 0 Å². The van der Waals surface area contributed by atoms with Gasteiger partial charge in [0.05, 0.1) is 6.54 Å². The van der Waals surface area contributed by atoms with Crippen molar-refractivity contribution in [1.82, 2.24) is 4.98 Å². The maximum Gasteiger partial charge on any atom is 0.339 e. The number of rotatable bonds is 4. The molecule has 0 fully saturated rings. The van der Waals surface area contributed by atoms with Crippen LogP contribution in [0.4, 0.5) is 5.82 Å². The van der Waals surface area contributed by atoms with E-state index in [9.17, 15) is 9.59 Å². The molecule has 0 aliphatic heterocycles. The van der Waals surface area contributed by atoms with E-state index in [-0.39, 0.29) is 17.9 Å². The number of aryl methyl sites for hydroxylation is 2. The first kappa shape index (κ1) is 13.0. The number of nitrogens with zero attached hydrogens (tertiary/aromatic N) is 2. The molecule has 0 unspecified atom stereocenters. The zero-order valence-corrected chi connectivity index (χ0v) is 10.0. The van der Waals surface area contributed by atoms with Gasteiger partial charge in [-0.3, -0.25) is 4.79 Å². The minimum Gasteiger partial charge on any atom is -0.478 e. The number of hydrogen-bond donors (Lipinski definition) is 2. The molecule has 1 aromatic rings. The Hall–Kier alpha value is -2.11. The fourth-order valence-corrected chi connectivity index (χ4v) is 1.67. The number of carbonyl (C=O) groups excluding carboxylic acids is 1. The van der Waals surface area contributed by atoms with Crippen molar-refractivity contribution >= 4 is 17.7 Å². The van der Waals surface area contributed by atoms with Gasteiger partial charge in [0.25, 0.3) is 0 Å². The van der Waals surface area contributed by atoms with E-state index in [0.717, 1.165) is 0 Å². The number of aromatic nitrogens is 1. The van der Waals surface area contributed by atoms with Crippen LogP contribution >= 0.6 is 0 Å². The zero-order chi connectivity index (χ0) is 13.2. The Bertz CT molecular complexity index is 471. The lowest BCUT2D eigenvalue weighted by atomic mass is 10.1. The molecule has 6 nitrogen and oxygen atoms in total. The number of carboxylic acid groups (broad SMARTS) is 1. The van der Waals surface area contributed by atoms with Gasteiger partial charge in [-0.1, -0.05) is 0 Å². The Morgan fingerprint density at radius 2 is 2.06 bits per heavy atom. The van der Waals surface area contributed by atoms with Crippen molar-refractivity contribution in [2.24, 2.45) is 5.73 Å². The van der Waals surface area contributed by atoms with E-state index in [0.29, 0.717) is 11.3 Å². The molecule has 0 atom stereocenters. The standard InChI is InChI=1S/C11H15N3O3/c1-6-4-7(2)13-10(9(6)11(16)17)14(3)5-8(12)15/h4H,5H2,1-3H3,(H2,12,15)(H,16,17). The highest BCUT2D eigenvalue weighted by Crippen LogP contribution is 2.21. The average molecular weight is 237 g/mol. The fourth-order valence-electron chi connectivity index (χ4n) is 1.67. The van der Waals surface area contributed by atoms with Crippen molar-refractivity contribution in [3.63, 3.8) is 0 Å². The van der Waals surface area contributed by atoms with Crippen molar-refractivity contribution < 1.29 is 14.7 Å². The molecule has 0 radical (unpaired) electrons. The highest BCUT2D eigenvalue weighted by molar-refractivity contribution is 5.95. The van der Waals surface area contributed by atoms with Gasteiger partial charge < -0.3 is 15.7 Å². The molecule has 0 bridgehead atoms. The zero-order valence-electron chi connectivity index (χ0n) is 10.0. The van der Waals surface area contributed by atoms with E-state index in [4.69, 9.17) is 10.8 Å². The smallest absolute Gasteiger partial charge is 0.339 e. The first-order valence-corrected chi connectivity index (χ1v) is 5.04. The third-order valence-electron chi connectivity index (χ3n) is 2.29. The number of anilines is 1. The Morgan fingerprint density at radius 1 is 1.47 bits per heavy atom. The van der Waals surface area contributed by atoms with Crippen LogP contribution in [0.3, 0.4) is 0 Å². The van der Waals surface area contributed by atoms with Crippen LogP contribution in [-0.2, 0) is 4.79 Å². The summed E-state index contributed by atoms with van der Waals surface area (Å²) in [5.74, 6) is -1.35. The second-order valence-electron chi connectivity index (χ2n) is 3.91. The molecule has 0 saturated carbocycles. The predicted molar refractivity (Wildman–Crippen MR) is 63.1 cm³/mol. The van der Waals surface area contributed by atoms with E-state index >= 15 is 0 Å². The number of hydrogen-bond acceptors (Lipinski definition) is 4. The maximum absolute atomic E-state index is 11.2. The maximum atomic E-state index is 11.2. The largest absolute Gasteiger partial charge is 0.478 e. The molecular weight excluding hydrogens is 222 g/mol. The SMILES string of the molecule is Cc1cc(C)c(C(=O)O)c(N(C)CC(N)=O)n1.